The molecule has 1 unspecified atom stereocenters. The van der Waals surface area contributed by atoms with E-state index in [0.29, 0.717) is 19.7 Å². The smallest absolute Gasteiger partial charge is 0.234 e. The van der Waals surface area contributed by atoms with E-state index in [-0.39, 0.29) is 18.4 Å². The van der Waals surface area contributed by atoms with Crippen molar-refractivity contribution in [3.63, 3.8) is 0 Å². The zero-order valence-electron chi connectivity index (χ0n) is 10.2. The van der Waals surface area contributed by atoms with E-state index in [2.05, 4.69) is 6.58 Å². The summed E-state index contributed by atoms with van der Waals surface area (Å²) in [6, 6.07) is 7.57. The van der Waals surface area contributed by atoms with E-state index < -0.39 is 0 Å². The summed E-state index contributed by atoms with van der Waals surface area (Å²) in [4.78, 5) is 14.0. The average molecular weight is 247 g/mol. The largest absolute Gasteiger partial charge is 0.492 e. The van der Waals surface area contributed by atoms with Crippen molar-refractivity contribution in [2.75, 3.05) is 26.3 Å². The van der Waals surface area contributed by atoms with Crippen LogP contribution in [0.25, 0.3) is 0 Å². The van der Waals surface area contributed by atoms with Crippen LogP contribution in [0.1, 0.15) is 11.5 Å². The summed E-state index contributed by atoms with van der Waals surface area (Å²) in [6.07, 6.45) is 1.66. The zero-order valence-corrected chi connectivity index (χ0v) is 10.2. The highest BCUT2D eigenvalue weighted by atomic mass is 16.5. The Kier molecular flexibility index (Phi) is 3.99. The summed E-state index contributed by atoms with van der Waals surface area (Å²) in [5.74, 6) is 0.486. The van der Waals surface area contributed by atoms with E-state index in [4.69, 9.17) is 9.84 Å². The van der Waals surface area contributed by atoms with Crippen LogP contribution in [0.4, 0.5) is 0 Å². The lowest BCUT2D eigenvalue weighted by atomic mass is 10.00. The van der Waals surface area contributed by atoms with Crippen LogP contribution in [0.5, 0.6) is 5.75 Å². The Morgan fingerprint density at radius 2 is 2.33 bits per heavy atom. The third-order valence-electron chi connectivity index (χ3n) is 3.03. The van der Waals surface area contributed by atoms with Gasteiger partial charge in [0.05, 0.1) is 6.61 Å². The molecule has 1 aliphatic heterocycles. The van der Waals surface area contributed by atoms with Crippen LogP contribution in [-0.4, -0.2) is 42.2 Å². The highest BCUT2D eigenvalue weighted by Crippen LogP contribution is 2.34. The van der Waals surface area contributed by atoms with Gasteiger partial charge >= 0.3 is 0 Å². The monoisotopic (exact) mass is 247 g/mol. The first kappa shape index (κ1) is 12.6. The van der Waals surface area contributed by atoms with Crippen LogP contribution in [-0.2, 0) is 4.79 Å². The number of carbonyl (C=O) groups excluding carboxylic acids is 1. The molecule has 0 aromatic heterocycles. The summed E-state index contributed by atoms with van der Waals surface area (Å²) in [5.41, 5.74) is 0.925. The lowest BCUT2D eigenvalue weighted by molar-refractivity contribution is -0.133. The predicted octanol–water partition coefficient (Wildman–Crippen LogP) is 1.17. The van der Waals surface area contributed by atoms with Gasteiger partial charge in [0.25, 0.3) is 0 Å². The van der Waals surface area contributed by atoms with E-state index in [0.717, 1.165) is 11.3 Å². The number of hydrogen-bond donors (Lipinski definition) is 1. The fraction of sp³-hybridized carbons (Fsp3) is 0.357. The van der Waals surface area contributed by atoms with E-state index in [1.54, 1.807) is 11.0 Å². The maximum atomic E-state index is 12.4. The van der Waals surface area contributed by atoms with Gasteiger partial charge in [-0.25, -0.2) is 0 Å². The number of amides is 1. The second kappa shape index (κ2) is 5.69. The lowest BCUT2D eigenvalue weighted by Crippen LogP contribution is -2.37. The molecule has 0 bridgehead atoms. The maximum Gasteiger partial charge on any atom is 0.234 e. The number of aliphatic hydroxyl groups is 1. The van der Waals surface area contributed by atoms with Crippen LogP contribution < -0.4 is 4.74 Å². The molecule has 4 nitrogen and oxygen atoms in total. The molecule has 0 aliphatic carbocycles. The molecule has 4 heteroatoms. The van der Waals surface area contributed by atoms with Crippen LogP contribution in [0.15, 0.2) is 36.9 Å². The molecule has 1 aliphatic rings. The number of para-hydroxylation sites is 1. The fourth-order valence-corrected chi connectivity index (χ4v) is 2.16. The lowest BCUT2D eigenvalue weighted by Gasteiger charge is -2.23. The molecule has 1 amide bonds. The third-order valence-corrected chi connectivity index (χ3v) is 3.03. The van der Waals surface area contributed by atoms with Gasteiger partial charge in [-0.15, -0.1) is 6.58 Å². The molecule has 18 heavy (non-hydrogen) atoms. The Labute approximate surface area is 106 Å². The van der Waals surface area contributed by atoms with Gasteiger partial charge in [0.15, 0.2) is 0 Å². The number of aliphatic hydroxyl groups excluding tert-OH is 1. The molecule has 0 spiro atoms. The molecular formula is C14H17NO3. The van der Waals surface area contributed by atoms with Crippen molar-refractivity contribution in [1.29, 1.82) is 0 Å². The van der Waals surface area contributed by atoms with E-state index in [9.17, 15) is 4.79 Å². The second-order valence-corrected chi connectivity index (χ2v) is 4.20. The maximum absolute atomic E-state index is 12.4. The molecule has 0 saturated heterocycles. The Hall–Kier alpha value is -1.81. The summed E-state index contributed by atoms with van der Waals surface area (Å²) in [7, 11) is 0. The summed E-state index contributed by atoms with van der Waals surface area (Å²) in [5, 5.41) is 8.99. The SMILES string of the molecule is C=CCN(CCO)C(=O)C1COc2ccccc21. The first-order chi connectivity index (χ1) is 8.77. The summed E-state index contributed by atoms with van der Waals surface area (Å²) in [6.45, 7) is 4.72. The van der Waals surface area contributed by atoms with Crippen LogP contribution >= 0.6 is 0 Å². The van der Waals surface area contributed by atoms with Crippen molar-refractivity contribution in [3.05, 3.63) is 42.5 Å². The van der Waals surface area contributed by atoms with E-state index >= 15 is 0 Å². The van der Waals surface area contributed by atoms with Gasteiger partial charge < -0.3 is 14.7 Å². The van der Waals surface area contributed by atoms with Gasteiger partial charge in [-0.2, -0.15) is 0 Å². The van der Waals surface area contributed by atoms with E-state index in [1.165, 1.54) is 0 Å². The number of rotatable bonds is 5. The van der Waals surface area contributed by atoms with Gasteiger partial charge in [0, 0.05) is 18.7 Å². The van der Waals surface area contributed by atoms with E-state index in [1.807, 2.05) is 24.3 Å². The van der Waals surface area contributed by atoms with Crippen LogP contribution in [0.2, 0.25) is 0 Å². The van der Waals surface area contributed by atoms with Crippen LogP contribution in [0.3, 0.4) is 0 Å². The standard InChI is InChI=1S/C14H17NO3/c1-2-7-15(8-9-16)14(17)12-10-18-13-6-4-3-5-11(12)13/h2-6,12,16H,1,7-10H2. The molecule has 0 radical (unpaired) electrons. The zero-order chi connectivity index (χ0) is 13.0. The molecule has 2 rings (SSSR count). The second-order valence-electron chi connectivity index (χ2n) is 4.20. The van der Waals surface area contributed by atoms with Gasteiger partial charge in [-0.1, -0.05) is 24.3 Å². The first-order valence-electron chi connectivity index (χ1n) is 6.00. The van der Waals surface area contributed by atoms with Crippen molar-refractivity contribution in [2.45, 2.75) is 5.92 Å². The molecular weight excluding hydrogens is 230 g/mol. The Balaban J connectivity index is 2.16. The average Bonchev–Trinajstić information content (AvgIpc) is 2.81. The fourth-order valence-electron chi connectivity index (χ4n) is 2.16. The normalized spacial score (nSPS) is 16.8. The van der Waals surface area contributed by atoms with Crippen molar-refractivity contribution in [2.24, 2.45) is 0 Å². The summed E-state index contributed by atoms with van der Waals surface area (Å²) >= 11 is 0. The van der Waals surface area contributed by atoms with Gasteiger partial charge in [0.1, 0.15) is 18.3 Å². The minimum atomic E-state index is -0.271. The number of fused-ring (bicyclic) bond motifs is 1. The molecule has 0 saturated carbocycles. The molecule has 96 valence electrons. The third kappa shape index (κ3) is 2.38. The quantitative estimate of drug-likeness (QED) is 0.795. The van der Waals surface area contributed by atoms with Gasteiger partial charge in [-0.3, -0.25) is 4.79 Å². The molecule has 0 fully saturated rings. The highest BCUT2D eigenvalue weighted by Gasteiger charge is 2.32. The number of hydrogen-bond acceptors (Lipinski definition) is 3. The van der Waals surface area contributed by atoms with Crippen molar-refractivity contribution in [1.82, 2.24) is 4.90 Å². The minimum absolute atomic E-state index is 0.0195. The van der Waals surface area contributed by atoms with Crippen molar-refractivity contribution >= 4 is 5.91 Å². The van der Waals surface area contributed by atoms with Crippen molar-refractivity contribution < 1.29 is 14.6 Å². The van der Waals surface area contributed by atoms with Gasteiger partial charge in [0.2, 0.25) is 5.91 Å². The van der Waals surface area contributed by atoms with Gasteiger partial charge in [-0.05, 0) is 6.07 Å². The number of nitrogens with zero attached hydrogens (tertiary/aromatic N) is 1. The minimum Gasteiger partial charge on any atom is -0.492 e. The van der Waals surface area contributed by atoms with Crippen molar-refractivity contribution in [3.8, 4) is 5.75 Å². The number of carbonyl (C=O) groups is 1. The summed E-state index contributed by atoms with van der Waals surface area (Å²) < 4.78 is 5.50. The van der Waals surface area contributed by atoms with Crippen LogP contribution in [0, 0.1) is 0 Å². The number of benzene rings is 1. The molecule has 1 N–H and O–H groups in total. The predicted molar refractivity (Wildman–Crippen MR) is 68.5 cm³/mol. The molecule has 1 aromatic rings. The first-order valence-corrected chi connectivity index (χ1v) is 6.00. The Bertz CT molecular complexity index is 444. The Morgan fingerprint density at radius 3 is 3.06 bits per heavy atom. The topological polar surface area (TPSA) is 49.8 Å². The highest BCUT2D eigenvalue weighted by molar-refractivity contribution is 5.85. The number of ether oxygens (including phenoxy) is 1. The molecule has 1 heterocycles. The molecule has 1 aromatic carbocycles. The molecule has 1 atom stereocenters. The Morgan fingerprint density at radius 1 is 1.56 bits per heavy atom.